The van der Waals surface area contributed by atoms with Crippen molar-refractivity contribution in [2.24, 2.45) is 0 Å². The molecule has 0 aliphatic heterocycles. The highest BCUT2D eigenvalue weighted by Gasteiger charge is 2.16. The highest BCUT2D eigenvalue weighted by molar-refractivity contribution is 7.80. The van der Waals surface area contributed by atoms with E-state index < -0.39 is 15.8 Å². The molecule has 6 radical (unpaired) electrons. The summed E-state index contributed by atoms with van der Waals surface area (Å²) >= 11 is 0. The molecule has 0 atom stereocenters. The van der Waals surface area contributed by atoms with E-state index in [0.29, 0.717) is 0 Å². The summed E-state index contributed by atoms with van der Waals surface area (Å²) in [7, 11) is -0.892. The first-order valence-corrected chi connectivity index (χ1v) is 15.5. The lowest BCUT2D eigenvalue weighted by Crippen LogP contribution is -2.20. The predicted molar refractivity (Wildman–Crippen MR) is 182 cm³/mol. The number of hydrogen-bond donors (Lipinski definition) is 0. The van der Waals surface area contributed by atoms with Crippen LogP contribution in [0.25, 0.3) is 0 Å². The lowest BCUT2D eigenvalue weighted by atomic mass is 10.4. The van der Waals surface area contributed by atoms with Crippen LogP contribution in [0, 0.1) is 0 Å². The highest BCUT2D eigenvalue weighted by atomic mass is 31.1. The zero-order chi connectivity index (χ0) is 25.8. The summed E-state index contributed by atoms with van der Waals surface area (Å²) in [4.78, 5) is 0. The van der Waals surface area contributed by atoms with Crippen molar-refractivity contribution in [2.45, 2.75) is 0 Å². The molecular weight excluding hydrogens is 516 g/mol. The Hall–Kier alpha value is -3.69. The minimum atomic E-state index is -0.446. The SMILES string of the molecule is [B].[B].c1ccc(P(c2ccccc2)c2ccccc2)cc1.c1ccc(P(c2ccccc2)c2ccccc2)cc1. The maximum absolute atomic E-state index is 2.23. The molecule has 6 rings (SSSR count). The summed E-state index contributed by atoms with van der Waals surface area (Å²) in [5.74, 6) is 0. The minimum Gasteiger partial charge on any atom is -0.0622 e. The number of benzene rings is 6. The summed E-state index contributed by atoms with van der Waals surface area (Å²) in [6.45, 7) is 0. The molecule has 0 amide bonds. The Balaban J connectivity index is 0.000000210. The lowest BCUT2D eigenvalue weighted by Gasteiger charge is -2.18. The molecule has 0 fully saturated rings. The molecule has 0 saturated carbocycles. The van der Waals surface area contributed by atoms with Crippen LogP contribution < -0.4 is 31.8 Å². The molecule has 0 spiro atoms. The Bertz CT molecular complexity index is 1180. The van der Waals surface area contributed by atoms with Crippen molar-refractivity contribution < 1.29 is 0 Å². The molecule has 0 heterocycles. The van der Waals surface area contributed by atoms with Crippen LogP contribution in [0.15, 0.2) is 182 Å². The fourth-order valence-corrected chi connectivity index (χ4v) is 8.97. The molecule has 0 nitrogen and oxygen atoms in total. The summed E-state index contributed by atoms with van der Waals surface area (Å²) < 4.78 is 0. The highest BCUT2D eigenvalue weighted by Crippen LogP contribution is 2.33. The topological polar surface area (TPSA) is 0 Å². The Labute approximate surface area is 245 Å². The molecule has 0 aliphatic rings. The van der Waals surface area contributed by atoms with Crippen molar-refractivity contribution in [1.82, 2.24) is 0 Å². The summed E-state index contributed by atoms with van der Waals surface area (Å²) in [6.07, 6.45) is 0. The second kappa shape index (κ2) is 16.4. The van der Waals surface area contributed by atoms with Crippen LogP contribution in [-0.4, -0.2) is 16.8 Å². The predicted octanol–water partition coefficient (Wildman–Crippen LogP) is 6.13. The van der Waals surface area contributed by atoms with Gasteiger partial charge in [0.1, 0.15) is 0 Å². The zero-order valence-electron chi connectivity index (χ0n) is 22.4. The number of hydrogen-bond acceptors (Lipinski definition) is 0. The second-order valence-corrected chi connectivity index (χ2v) is 13.1. The molecule has 0 aromatic heterocycles. The maximum Gasteiger partial charge on any atom is 0 e. The van der Waals surface area contributed by atoms with Gasteiger partial charge in [0.15, 0.2) is 0 Å². The molecule has 6 aromatic carbocycles. The van der Waals surface area contributed by atoms with Crippen molar-refractivity contribution in [3.05, 3.63) is 182 Å². The van der Waals surface area contributed by atoms with Gasteiger partial charge >= 0.3 is 0 Å². The van der Waals surface area contributed by atoms with Gasteiger partial charge in [0.2, 0.25) is 0 Å². The van der Waals surface area contributed by atoms with Gasteiger partial charge in [0.05, 0.1) is 0 Å². The molecule has 0 N–H and O–H groups in total. The zero-order valence-corrected chi connectivity index (χ0v) is 24.2. The van der Waals surface area contributed by atoms with E-state index in [9.17, 15) is 0 Å². The van der Waals surface area contributed by atoms with Crippen LogP contribution in [0.1, 0.15) is 0 Å². The van der Waals surface area contributed by atoms with Crippen LogP contribution >= 0.6 is 15.8 Å². The van der Waals surface area contributed by atoms with Gasteiger partial charge < -0.3 is 0 Å². The second-order valence-electron chi connectivity index (χ2n) is 8.68. The first kappa shape index (κ1) is 30.8. The molecule has 0 unspecified atom stereocenters. The van der Waals surface area contributed by atoms with Crippen LogP contribution in [0.2, 0.25) is 0 Å². The van der Waals surface area contributed by atoms with Gasteiger partial charge in [-0.1, -0.05) is 182 Å². The van der Waals surface area contributed by atoms with Crippen molar-refractivity contribution in [3.8, 4) is 0 Å². The van der Waals surface area contributed by atoms with E-state index in [1.165, 1.54) is 31.8 Å². The molecule has 0 bridgehead atoms. The van der Waals surface area contributed by atoms with E-state index in [2.05, 4.69) is 182 Å². The van der Waals surface area contributed by atoms with Crippen molar-refractivity contribution >= 4 is 64.5 Å². The maximum atomic E-state index is 2.23. The molecule has 40 heavy (non-hydrogen) atoms. The summed E-state index contributed by atoms with van der Waals surface area (Å²) in [6, 6.07) is 64.7. The van der Waals surface area contributed by atoms with E-state index in [0.717, 1.165) is 0 Å². The van der Waals surface area contributed by atoms with Crippen LogP contribution in [0.3, 0.4) is 0 Å². The van der Waals surface area contributed by atoms with E-state index in [-0.39, 0.29) is 16.8 Å². The van der Waals surface area contributed by atoms with Crippen LogP contribution in [0.5, 0.6) is 0 Å². The monoisotopic (exact) mass is 546 g/mol. The third kappa shape index (κ3) is 8.16. The fraction of sp³-hybridized carbons (Fsp3) is 0. The van der Waals surface area contributed by atoms with Crippen molar-refractivity contribution in [3.63, 3.8) is 0 Å². The van der Waals surface area contributed by atoms with Gasteiger partial charge in [0.25, 0.3) is 0 Å². The first-order chi connectivity index (χ1) is 18.9. The molecule has 0 saturated heterocycles. The summed E-state index contributed by atoms with van der Waals surface area (Å²) in [5.41, 5.74) is 0. The Morgan fingerprint density at radius 2 is 0.325 bits per heavy atom. The first-order valence-electron chi connectivity index (χ1n) is 12.8. The summed E-state index contributed by atoms with van der Waals surface area (Å²) in [5, 5.41) is 8.39. The lowest BCUT2D eigenvalue weighted by molar-refractivity contribution is 1.74. The van der Waals surface area contributed by atoms with E-state index in [1.54, 1.807) is 0 Å². The molecule has 6 aromatic rings. The van der Waals surface area contributed by atoms with Crippen molar-refractivity contribution in [1.29, 1.82) is 0 Å². The van der Waals surface area contributed by atoms with E-state index in [1.807, 2.05) is 0 Å². The minimum absolute atomic E-state index is 0. The van der Waals surface area contributed by atoms with Crippen LogP contribution in [0.4, 0.5) is 0 Å². The quantitative estimate of drug-likeness (QED) is 0.174. The Morgan fingerprint density at radius 3 is 0.450 bits per heavy atom. The van der Waals surface area contributed by atoms with Gasteiger partial charge in [-0.2, -0.15) is 0 Å². The number of rotatable bonds is 6. The molecular formula is C36H30B2P2. The third-order valence-corrected chi connectivity index (χ3v) is 11.0. The Morgan fingerprint density at radius 1 is 0.200 bits per heavy atom. The van der Waals surface area contributed by atoms with E-state index >= 15 is 0 Å². The third-order valence-electron chi connectivity index (χ3n) is 6.09. The van der Waals surface area contributed by atoms with Crippen LogP contribution in [-0.2, 0) is 0 Å². The van der Waals surface area contributed by atoms with Gasteiger partial charge in [-0.15, -0.1) is 0 Å². The average Bonchev–Trinajstić information content (AvgIpc) is 3.01. The average molecular weight is 546 g/mol. The van der Waals surface area contributed by atoms with Gasteiger partial charge in [-0.3, -0.25) is 0 Å². The smallest absolute Gasteiger partial charge is 0 e. The molecule has 190 valence electrons. The fourth-order valence-electron chi connectivity index (χ4n) is 4.36. The molecule has 4 heteroatoms. The van der Waals surface area contributed by atoms with Gasteiger partial charge in [-0.25, -0.2) is 0 Å². The van der Waals surface area contributed by atoms with Gasteiger partial charge in [0, 0.05) is 16.8 Å². The molecule has 0 aliphatic carbocycles. The Kier molecular flexibility index (Phi) is 12.7. The normalized spacial score (nSPS) is 10.1. The standard InChI is InChI=1S/2C18H15P.2B/c2*1-4-10-16(11-5-1)19(17-12-6-2-7-13-17)18-14-8-3-9-15-18;;/h2*1-15H;;. The van der Waals surface area contributed by atoms with E-state index in [4.69, 9.17) is 0 Å². The van der Waals surface area contributed by atoms with Crippen molar-refractivity contribution in [2.75, 3.05) is 0 Å². The van der Waals surface area contributed by atoms with Gasteiger partial charge in [-0.05, 0) is 47.7 Å². The largest absolute Gasteiger partial charge is 0.0622 e.